The first kappa shape index (κ1) is 20.9. The van der Waals surface area contributed by atoms with Crippen molar-refractivity contribution in [2.75, 3.05) is 19.6 Å². The number of carbonyl (C=O) groups excluding carboxylic acids is 3. The number of nitrogens with zero attached hydrogens (tertiary/aromatic N) is 5. The summed E-state index contributed by atoms with van der Waals surface area (Å²) in [6, 6.07) is 7.43. The van der Waals surface area contributed by atoms with Crippen molar-refractivity contribution in [1.29, 1.82) is 0 Å². The van der Waals surface area contributed by atoms with Crippen LogP contribution in [0, 0.1) is 0 Å². The summed E-state index contributed by atoms with van der Waals surface area (Å²) in [5, 5.41) is 8.21. The molecule has 3 aliphatic rings. The molecule has 2 aromatic heterocycles. The Morgan fingerprint density at radius 2 is 1.94 bits per heavy atom. The molecule has 1 fully saturated rings. The maximum atomic E-state index is 12.9. The molecule has 1 saturated heterocycles. The molecule has 0 unspecified atom stereocenters. The number of urea groups is 1. The number of aromatic nitrogens is 2. The van der Waals surface area contributed by atoms with Gasteiger partial charge in [-0.1, -0.05) is 18.2 Å². The molecule has 9 nitrogen and oxygen atoms in total. The minimum Gasteiger partial charge on any atom is -0.295 e. The highest BCUT2D eigenvalue weighted by Crippen LogP contribution is 2.30. The second-order valence-electron chi connectivity index (χ2n) is 8.66. The van der Waals surface area contributed by atoms with Gasteiger partial charge in [0.2, 0.25) is 5.91 Å². The number of hydrogen-bond acceptors (Lipinski definition) is 7. The van der Waals surface area contributed by atoms with Crippen molar-refractivity contribution in [3.8, 4) is 0 Å². The van der Waals surface area contributed by atoms with E-state index in [-0.39, 0.29) is 24.8 Å². The van der Waals surface area contributed by atoms with Crippen LogP contribution in [0.15, 0.2) is 42.0 Å². The standard InChI is InChI=1S/C24H22N6O3S/c31-20-5-9-29(24(33)27-20)30-13-17-11-15(1-2-18(17)23(30)32)12-28-7-3-16(4-8-28)21-19-6-10-34-22(19)26-14-25-21/h1-3,6,10-11,14H,4-5,7-9,12-13H2,(H,27,31,33). The maximum Gasteiger partial charge on any atom is 0.342 e. The fourth-order valence-corrected chi connectivity index (χ4v) is 5.54. The Morgan fingerprint density at radius 3 is 2.76 bits per heavy atom. The Kier molecular flexibility index (Phi) is 5.11. The smallest absolute Gasteiger partial charge is 0.295 e. The molecule has 0 bridgehead atoms. The first-order chi connectivity index (χ1) is 16.6. The molecule has 1 aromatic carbocycles. The highest BCUT2D eigenvalue weighted by molar-refractivity contribution is 7.16. The summed E-state index contributed by atoms with van der Waals surface area (Å²) in [6.07, 6.45) is 5.00. The number of nitrogens with one attached hydrogen (secondary N) is 1. The number of hydrazine groups is 1. The fraction of sp³-hybridized carbons (Fsp3) is 0.292. The third kappa shape index (κ3) is 3.64. The van der Waals surface area contributed by atoms with Crippen LogP contribution in [-0.4, -0.2) is 62.4 Å². The predicted octanol–water partition coefficient (Wildman–Crippen LogP) is 2.79. The minimum atomic E-state index is -0.544. The van der Waals surface area contributed by atoms with Crippen LogP contribution in [0.1, 0.15) is 40.0 Å². The number of carbonyl (C=O) groups is 3. The molecule has 0 aliphatic carbocycles. The number of thiophene rings is 1. The minimum absolute atomic E-state index is 0.189. The molecule has 10 heteroatoms. The van der Waals surface area contributed by atoms with Crippen LogP contribution >= 0.6 is 11.3 Å². The average Bonchev–Trinajstić information content (AvgIpc) is 3.44. The van der Waals surface area contributed by atoms with Gasteiger partial charge in [0, 0.05) is 37.0 Å². The molecule has 3 aliphatic heterocycles. The maximum absolute atomic E-state index is 12.9. The molecule has 0 radical (unpaired) electrons. The van der Waals surface area contributed by atoms with Crippen molar-refractivity contribution in [1.82, 2.24) is 30.2 Å². The van der Waals surface area contributed by atoms with Gasteiger partial charge < -0.3 is 0 Å². The van der Waals surface area contributed by atoms with Crippen molar-refractivity contribution >= 4 is 45.0 Å². The molecular weight excluding hydrogens is 452 g/mol. The third-order valence-electron chi connectivity index (χ3n) is 6.54. The summed E-state index contributed by atoms with van der Waals surface area (Å²) in [7, 11) is 0. The van der Waals surface area contributed by atoms with E-state index in [1.165, 1.54) is 15.6 Å². The van der Waals surface area contributed by atoms with Crippen molar-refractivity contribution < 1.29 is 14.4 Å². The quantitative estimate of drug-likeness (QED) is 0.624. The Morgan fingerprint density at radius 1 is 1.03 bits per heavy atom. The molecular formula is C24H22N6O3S. The van der Waals surface area contributed by atoms with E-state index >= 15 is 0 Å². The highest BCUT2D eigenvalue weighted by atomic mass is 32.1. The van der Waals surface area contributed by atoms with Gasteiger partial charge in [0.25, 0.3) is 5.91 Å². The molecule has 1 N–H and O–H groups in total. The second-order valence-corrected chi connectivity index (χ2v) is 9.55. The van der Waals surface area contributed by atoms with E-state index in [1.807, 2.05) is 12.1 Å². The van der Waals surface area contributed by atoms with Crippen LogP contribution in [0.4, 0.5) is 4.79 Å². The zero-order chi connectivity index (χ0) is 23.2. The van der Waals surface area contributed by atoms with E-state index in [4.69, 9.17) is 0 Å². The Balaban J connectivity index is 1.14. The summed E-state index contributed by atoms with van der Waals surface area (Å²) < 4.78 is 0. The van der Waals surface area contributed by atoms with Gasteiger partial charge in [-0.15, -0.1) is 11.3 Å². The highest BCUT2D eigenvalue weighted by Gasteiger charge is 2.36. The molecule has 5 heterocycles. The Hall–Kier alpha value is -3.63. The van der Waals surface area contributed by atoms with Gasteiger partial charge in [-0.25, -0.2) is 24.8 Å². The molecule has 34 heavy (non-hydrogen) atoms. The summed E-state index contributed by atoms with van der Waals surface area (Å²) in [4.78, 5) is 48.8. The Bertz CT molecular complexity index is 1370. The zero-order valence-corrected chi connectivity index (χ0v) is 19.2. The molecule has 172 valence electrons. The lowest BCUT2D eigenvalue weighted by molar-refractivity contribution is -0.123. The van der Waals surface area contributed by atoms with E-state index < -0.39 is 6.03 Å². The zero-order valence-electron chi connectivity index (χ0n) is 18.4. The average molecular weight is 475 g/mol. The topological polar surface area (TPSA) is 98.7 Å². The lowest BCUT2D eigenvalue weighted by atomic mass is 10.0. The van der Waals surface area contributed by atoms with Crippen LogP contribution in [0.2, 0.25) is 0 Å². The van der Waals surface area contributed by atoms with Crippen molar-refractivity contribution in [3.63, 3.8) is 0 Å². The third-order valence-corrected chi connectivity index (χ3v) is 7.36. The van der Waals surface area contributed by atoms with Crippen molar-refractivity contribution in [2.45, 2.75) is 25.9 Å². The SMILES string of the molecule is O=C1CCN(N2Cc3cc(CN4CC=C(c5ncnc6sccc56)CC4)ccc3C2=O)C(=O)N1. The lowest BCUT2D eigenvalue weighted by Crippen LogP contribution is -2.56. The summed E-state index contributed by atoms with van der Waals surface area (Å²) in [5.74, 6) is -0.521. The summed E-state index contributed by atoms with van der Waals surface area (Å²) in [5.41, 5.74) is 4.94. The van der Waals surface area contributed by atoms with Crippen molar-refractivity contribution in [2.24, 2.45) is 0 Å². The van der Waals surface area contributed by atoms with Gasteiger partial charge in [-0.05, 0) is 40.6 Å². The fourth-order valence-electron chi connectivity index (χ4n) is 4.81. The van der Waals surface area contributed by atoms with Gasteiger partial charge in [-0.2, -0.15) is 0 Å². The molecule has 6 rings (SSSR count). The van der Waals surface area contributed by atoms with Gasteiger partial charge in [0.1, 0.15) is 11.2 Å². The number of amides is 4. The van der Waals surface area contributed by atoms with E-state index in [9.17, 15) is 14.4 Å². The first-order valence-corrected chi connectivity index (χ1v) is 12.1. The van der Waals surface area contributed by atoms with E-state index in [2.05, 4.69) is 43.8 Å². The molecule has 0 saturated carbocycles. The predicted molar refractivity (Wildman–Crippen MR) is 126 cm³/mol. The molecule has 3 aromatic rings. The van der Waals surface area contributed by atoms with Crippen LogP contribution in [-0.2, 0) is 17.9 Å². The number of hydrogen-bond donors (Lipinski definition) is 1. The largest absolute Gasteiger partial charge is 0.342 e. The van der Waals surface area contributed by atoms with Gasteiger partial charge in [0.05, 0.1) is 18.8 Å². The number of benzene rings is 1. The number of rotatable bonds is 4. The summed E-state index contributed by atoms with van der Waals surface area (Å²) in [6.45, 7) is 3.07. The monoisotopic (exact) mass is 474 g/mol. The molecule has 0 spiro atoms. The second kappa shape index (κ2) is 8.30. The van der Waals surface area contributed by atoms with Crippen LogP contribution < -0.4 is 5.32 Å². The van der Waals surface area contributed by atoms with Crippen LogP contribution in [0.5, 0.6) is 0 Å². The van der Waals surface area contributed by atoms with Crippen LogP contribution in [0.25, 0.3) is 15.8 Å². The molecule has 4 amide bonds. The van der Waals surface area contributed by atoms with E-state index in [0.717, 1.165) is 53.1 Å². The van der Waals surface area contributed by atoms with E-state index in [1.54, 1.807) is 17.7 Å². The number of imide groups is 1. The number of fused-ring (bicyclic) bond motifs is 2. The molecule has 0 atom stereocenters. The van der Waals surface area contributed by atoms with Crippen molar-refractivity contribution in [3.05, 3.63) is 64.4 Å². The van der Waals surface area contributed by atoms with Gasteiger partial charge >= 0.3 is 6.03 Å². The van der Waals surface area contributed by atoms with Crippen LogP contribution in [0.3, 0.4) is 0 Å². The lowest BCUT2D eigenvalue weighted by Gasteiger charge is -2.33. The Labute approximate surface area is 199 Å². The van der Waals surface area contributed by atoms with E-state index in [0.29, 0.717) is 12.1 Å². The normalized spacial score (nSPS) is 18.9. The summed E-state index contributed by atoms with van der Waals surface area (Å²) >= 11 is 1.63. The van der Waals surface area contributed by atoms with Gasteiger partial charge in [0.15, 0.2) is 0 Å². The van der Waals surface area contributed by atoms with Gasteiger partial charge in [-0.3, -0.25) is 19.8 Å². The first-order valence-electron chi connectivity index (χ1n) is 11.2.